The Balaban J connectivity index is 2.61. The van der Waals surface area contributed by atoms with Crippen molar-refractivity contribution in [3.63, 3.8) is 0 Å². The van der Waals surface area contributed by atoms with Crippen LogP contribution in [0.4, 0.5) is 0 Å². The molecule has 0 spiro atoms. The number of hydrogen-bond acceptors (Lipinski definition) is 1. The van der Waals surface area contributed by atoms with Crippen molar-refractivity contribution in [1.82, 2.24) is 0 Å². The Morgan fingerprint density at radius 3 is 2.57 bits per heavy atom. The molecule has 0 amide bonds. The summed E-state index contributed by atoms with van der Waals surface area (Å²) in [5.74, 6) is 0.195. The van der Waals surface area contributed by atoms with Gasteiger partial charge < -0.3 is 5.11 Å². The second-order valence-electron chi connectivity index (χ2n) is 2.92. The highest BCUT2D eigenvalue weighted by atomic mass is 35.5. The van der Waals surface area contributed by atoms with Crippen LogP contribution in [0.2, 0.25) is 5.02 Å². The summed E-state index contributed by atoms with van der Waals surface area (Å²) in [6, 6.07) is 15.3. The molecule has 2 aromatic rings. The summed E-state index contributed by atoms with van der Waals surface area (Å²) in [6.07, 6.45) is 0. The fraction of sp³-hybridized carbons (Fsp3) is 0. The van der Waals surface area contributed by atoms with E-state index in [1.54, 1.807) is 18.2 Å². The molecule has 14 heavy (non-hydrogen) atoms. The average Bonchev–Trinajstić information content (AvgIpc) is 2.20. The molecule has 1 radical (unpaired) electrons. The topological polar surface area (TPSA) is 20.2 Å². The molecule has 69 valence electrons. The molecular formula is C12H8ClO. The Hall–Kier alpha value is -1.47. The first-order chi connectivity index (χ1) is 6.79. The summed E-state index contributed by atoms with van der Waals surface area (Å²) in [5.41, 5.74) is 1.56. The number of hydrogen-bond donors (Lipinski definition) is 1. The van der Waals surface area contributed by atoms with Crippen LogP contribution in [-0.2, 0) is 0 Å². The van der Waals surface area contributed by atoms with Crippen LogP contribution in [0.3, 0.4) is 0 Å². The van der Waals surface area contributed by atoms with Crippen molar-refractivity contribution in [1.29, 1.82) is 0 Å². The van der Waals surface area contributed by atoms with Crippen molar-refractivity contribution in [2.24, 2.45) is 0 Å². The normalized spacial score (nSPS) is 10.1. The van der Waals surface area contributed by atoms with Crippen LogP contribution in [0.1, 0.15) is 0 Å². The molecule has 0 fully saturated rings. The van der Waals surface area contributed by atoms with Crippen molar-refractivity contribution in [3.8, 4) is 16.9 Å². The van der Waals surface area contributed by atoms with Gasteiger partial charge in [-0.3, -0.25) is 0 Å². The molecule has 0 atom stereocenters. The number of phenols is 1. The molecular weight excluding hydrogens is 196 g/mol. The molecule has 0 aliphatic rings. The van der Waals surface area contributed by atoms with Gasteiger partial charge in [-0.25, -0.2) is 0 Å². The first kappa shape index (κ1) is 9.10. The van der Waals surface area contributed by atoms with Gasteiger partial charge in [-0.1, -0.05) is 35.9 Å². The summed E-state index contributed by atoms with van der Waals surface area (Å²) >= 11 is 6.01. The van der Waals surface area contributed by atoms with Crippen molar-refractivity contribution in [2.75, 3.05) is 0 Å². The van der Waals surface area contributed by atoms with Crippen LogP contribution in [0.25, 0.3) is 11.1 Å². The van der Waals surface area contributed by atoms with E-state index in [1.165, 1.54) is 6.07 Å². The summed E-state index contributed by atoms with van der Waals surface area (Å²) in [4.78, 5) is 0. The van der Waals surface area contributed by atoms with E-state index in [2.05, 4.69) is 6.07 Å². The Bertz CT molecular complexity index is 408. The maximum Gasteiger partial charge on any atom is 0.124 e. The molecule has 0 aliphatic heterocycles. The highest BCUT2D eigenvalue weighted by molar-refractivity contribution is 6.33. The van der Waals surface area contributed by atoms with Gasteiger partial charge in [0.05, 0.1) is 0 Å². The Morgan fingerprint density at radius 1 is 1.07 bits per heavy atom. The molecule has 1 nitrogen and oxygen atoms in total. The predicted molar refractivity (Wildman–Crippen MR) is 57.4 cm³/mol. The largest absolute Gasteiger partial charge is 0.507 e. The van der Waals surface area contributed by atoms with Gasteiger partial charge in [0, 0.05) is 16.1 Å². The van der Waals surface area contributed by atoms with E-state index in [-0.39, 0.29) is 5.75 Å². The second-order valence-corrected chi connectivity index (χ2v) is 3.33. The highest BCUT2D eigenvalue weighted by Gasteiger charge is 2.05. The van der Waals surface area contributed by atoms with Crippen molar-refractivity contribution in [2.45, 2.75) is 0 Å². The smallest absolute Gasteiger partial charge is 0.124 e. The van der Waals surface area contributed by atoms with Crippen molar-refractivity contribution >= 4 is 11.6 Å². The number of rotatable bonds is 1. The molecule has 2 rings (SSSR count). The molecule has 0 aliphatic carbocycles. The summed E-state index contributed by atoms with van der Waals surface area (Å²) in [5, 5.41) is 10.2. The molecule has 0 saturated heterocycles. The van der Waals surface area contributed by atoms with Crippen LogP contribution in [0, 0.1) is 6.07 Å². The van der Waals surface area contributed by atoms with E-state index in [9.17, 15) is 5.11 Å². The maximum absolute atomic E-state index is 9.60. The zero-order chi connectivity index (χ0) is 9.97. The highest BCUT2D eigenvalue weighted by Crippen LogP contribution is 2.33. The van der Waals surface area contributed by atoms with Crippen LogP contribution in [0.5, 0.6) is 5.75 Å². The predicted octanol–water partition coefficient (Wildman–Crippen LogP) is 3.51. The van der Waals surface area contributed by atoms with Crippen LogP contribution in [-0.4, -0.2) is 5.11 Å². The van der Waals surface area contributed by atoms with E-state index < -0.39 is 0 Å². The monoisotopic (exact) mass is 203 g/mol. The summed E-state index contributed by atoms with van der Waals surface area (Å²) < 4.78 is 0. The minimum atomic E-state index is 0.195. The molecule has 0 aromatic heterocycles. The van der Waals surface area contributed by atoms with Gasteiger partial charge in [0.15, 0.2) is 0 Å². The number of halogens is 1. The molecule has 0 unspecified atom stereocenters. The van der Waals surface area contributed by atoms with Crippen LogP contribution < -0.4 is 0 Å². The fourth-order valence-corrected chi connectivity index (χ4v) is 1.57. The van der Waals surface area contributed by atoms with Crippen LogP contribution in [0.15, 0.2) is 42.5 Å². The zero-order valence-corrected chi connectivity index (χ0v) is 8.12. The van der Waals surface area contributed by atoms with Gasteiger partial charge in [0.2, 0.25) is 0 Å². The third-order valence-corrected chi connectivity index (χ3v) is 2.34. The molecule has 0 heterocycles. The SMILES string of the molecule is Oc1c[c]ccc1-c1ccccc1Cl. The first-order valence-corrected chi connectivity index (χ1v) is 4.61. The van der Waals surface area contributed by atoms with Gasteiger partial charge in [-0.15, -0.1) is 0 Å². The lowest BCUT2D eigenvalue weighted by Crippen LogP contribution is -1.79. The third-order valence-electron chi connectivity index (χ3n) is 2.01. The third kappa shape index (κ3) is 1.59. The van der Waals surface area contributed by atoms with E-state index in [4.69, 9.17) is 11.6 Å². The van der Waals surface area contributed by atoms with Gasteiger partial charge in [-0.05, 0) is 24.3 Å². The zero-order valence-electron chi connectivity index (χ0n) is 7.37. The molecule has 0 bridgehead atoms. The minimum Gasteiger partial charge on any atom is -0.507 e. The number of benzene rings is 2. The van der Waals surface area contributed by atoms with Crippen molar-refractivity contribution in [3.05, 3.63) is 53.6 Å². The first-order valence-electron chi connectivity index (χ1n) is 4.23. The standard InChI is InChI=1S/C12H8ClO/c13-11-7-3-1-5-9(11)10-6-2-4-8-12(10)14/h1-3,5-8,14H. The van der Waals surface area contributed by atoms with E-state index in [0.717, 1.165) is 11.1 Å². The van der Waals surface area contributed by atoms with E-state index in [1.807, 2.05) is 18.2 Å². The lowest BCUT2D eigenvalue weighted by molar-refractivity contribution is 0.477. The van der Waals surface area contributed by atoms with E-state index in [0.29, 0.717) is 5.02 Å². The summed E-state index contributed by atoms with van der Waals surface area (Å²) in [6.45, 7) is 0. The van der Waals surface area contributed by atoms with Gasteiger partial charge >= 0.3 is 0 Å². The lowest BCUT2D eigenvalue weighted by atomic mass is 10.1. The van der Waals surface area contributed by atoms with E-state index >= 15 is 0 Å². The fourth-order valence-electron chi connectivity index (χ4n) is 1.33. The van der Waals surface area contributed by atoms with Gasteiger partial charge in [-0.2, -0.15) is 0 Å². The summed E-state index contributed by atoms with van der Waals surface area (Å²) in [7, 11) is 0. The van der Waals surface area contributed by atoms with Gasteiger partial charge in [0.1, 0.15) is 5.75 Å². The Morgan fingerprint density at radius 2 is 1.86 bits per heavy atom. The maximum atomic E-state index is 9.60. The van der Waals surface area contributed by atoms with Crippen molar-refractivity contribution < 1.29 is 5.11 Å². The Kier molecular flexibility index (Phi) is 2.42. The number of aromatic hydroxyl groups is 1. The Labute approximate surface area is 87.6 Å². The molecule has 2 aromatic carbocycles. The minimum absolute atomic E-state index is 0.195. The second kappa shape index (κ2) is 3.72. The molecule has 1 N–H and O–H groups in total. The van der Waals surface area contributed by atoms with Gasteiger partial charge in [0.25, 0.3) is 0 Å². The lowest BCUT2D eigenvalue weighted by Gasteiger charge is -2.05. The molecule has 0 saturated carbocycles. The quantitative estimate of drug-likeness (QED) is 0.752. The average molecular weight is 204 g/mol. The molecule has 2 heteroatoms. The van der Waals surface area contributed by atoms with Crippen LogP contribution >= 0.6 is 11.6 Å². The number of phenolic OH excluding ortho intramolecular Hbond substituents is 1.